The molecule has 0 radical (unpaired) electrons. The predicted molar refractivity (Wildman–Crippen MR) is 80.0 cm³/mol. The van der Waals surface area contributed by atoms with E-state index in [9.17, 15) is 5.11 Å². The summed E-state index contributed by atoms with van der Waals surface area (Å²) in [7, 11) is 1.95. The van der Waals surface area contributed by atoms with Gasteiger partial charge >= 0.3 is 0 Å². The summed E-state index contributed by atoms with van der Waals surface area (Å²) in [5.41, 5.74) is 0.882. The lowest BCUT2D eigenvalue weighted by Crippen LogP contribution is -2.54. The third-order valence-electron chi connectivity index (χ3n) is 3.70. The maximum atomic E-state index is 9.43. The zero-order valence-corrected chi connectivity index (χ0v) is 12.8. The number of ether oxygens (including phenoxy) is 1. The van der Waals surface area contributed by atoms with Crippen molar-refractivity contribution in [1.82, 2.24) is 10.3 Å². The molecule has 2 heterocycles. The minimum absolute atomic E-state index is 0.0314. The number of hydrogen-bond acceptors (Lipinski definition) is 5. The van der Waals surface area contributed by atoms with Gasteiger partial charge in [0.05, 0.1) is 18.3 Å². The minimum Gasteiger partial charge on any atom is -0.394 e. The highest BCUT2D eigenvalue weighted by atomic mass is 16.5. The molecule has 1 aromatic heterocycles. The minimum atomic E-state index is -0.288. The molecule has 5 nitrogen and oxygen atoms in total. The van der Waals surface area contributed by atoms with Crippen LogP contribution in [0.3, 0.4) is 0 Å². The van der Waals surface area contributed by atoms with E-state index in [0.29, 0.717) is 6.54 Å². The molecular formula is C15H25N3O2. The summed E-state index contributed by atoms with van der Waals surface area (Å²) in [6.45, 7) is 7.68. The number of pyridine rings is 1. The molecule has 1 aromatic rings. The van der Waals surface area contributed by atoms with E-state index >= 15 is 0 Å². The Labute approximate surface area is 121 Å². The maximum absolute atomic E-state index is 9.43. The number of aliphatic hydroxyl groups excluding tert-OH is 1. The van der Waals surface area contributed by atoms with Crippen LogP contribution in [0.5, 0.6) is 0 Å². The fourth-order valence-electron chi connectivity index (χ4n) is 2.72. The standard InChI is InChI=1S/C15H25N3O2/c1-11(16-4)13-6-5-7-17-14(13)18-8-12(9-19)20-15(2,3)10-18/h5-7,11-12,16,19H,8-10H2,1-4H3. The fraction of sp³-hybridized carbons (Fsp3) is 0.667. The van der Waals surface area contributed by atoms with Crippen LogP contribution in [0.25, 0.3) is 0 Å². The molecule has 1 aliphatic rings. The first-order valence-electron chi connectivity index (χ1n) is 7.12. The van der Waals surface area contributed by atoms with Crippen molar-refractivity contribution >= 4 is 5.82 Å². The Morgan fingerprint density at radius 1 is 1.60 bits per heavy atom. The lowest BCUT2D eigenvalue weighted by atomic mass is 10.0. The Morgan fingerprint density at radius 3 is 3.00 bits per heavy atom. The van der Waals surface area contributed by atoms with Gasteiger partial charge in [-0.2, -0.15) is 0 Å². The summed E-state index contributed by atoms with van der Waals surface area (Å²) in [4.78, 5) is 6.77. The van der Waals surface area contributed by atoms with Crippen LogP contribution in [0.2, 0.25) is 0 Å². The molecule has 2 rings (SSSR count). The second-order valence-electron chi connectivity index (χ2n) is 5.99. The van der Waals surface area contributed by atoms with Crippen molar-refractivity contribution in [3.05, 3.63) is 23.9 Å². The Hall–Kier alpha value is -1.17. The van der Waals surface area contributed by atoms with E-state index in [1.165, 1.54) is 5.56 Å². The molecule has 0 bridgehead atoms. The molecule has 2 N–H and O–H groups in total. The van der Waals surface area contributed by atoms with Gasteiger partial charge in [0.25, 0.3) is 0 Å². The molecular weight excluding hydrogens is 254 g/mol. The number of nitrogens with one attached hydrogen (secondary N) is 1. The van der Waals surface area contributed by atoms with Gasteiger partial charge in [-0.3, -0.25) is 0 Å². The van der Waals surface area contributed by atoms with Crippen molar-refractivity contribution in [1.29, 1.82) is 0 Å². The van der Waals surface area contributed by atoms with Crippen LogP contribution in [0.15, 0.2) is 18.3 Å². The number of morpholine rings is 1. The van der Waals surface area contributed by atoms with Crippen LogP contribution in [0.4, 0.5) is 5.82 Å². The van der Waals surface area contributed by atoms with E-state index in [1.807, 2.05) is 33.2 Å². The quantitative estimate of drug-likeness (QED) is 0.871. The summed E-state index contributed by atoms with van der Waals surface area (Å²) < 4.78 is 5.87. The molecule has 0 aliphatic carbocycles. The number of hydrogen-bond donors (Lipinski definition) is 2. The molecule has 112 valence electrons. The predicted octanol–water partition coefficient (Wildman–Crippen LogP) is 1.34. The van der Waals surface area contributed by atoms with E-state index in [-0.39, 0.29) is 24.4 Å². The topological polar surface area (TPSA) is 57.6 Å². The van der Waals surface area contributed by atoms with E-state index in [2.05, 4.69) is 28.2 Å². The van der Waals surface area contributed by atoms with Crippen LogP contribution in [0.1, 0.15) is 32.4 Å². The molecule has 5 heteroatoms. The first-order chi connectivity index (χ1) is 9.46. The highest BCUT2D eigenvalue weighted by Crippen LogP contribution is 2.29. The summed E-state index contributed by atoms with van der Waals surface area (Å²) in [5.74, 6) is 0.976. The van der Waals surface area contributed by atoms with Gasteiger partial charge in [0.15, 0.2) is 0 Å². The smallest absolute Gasteiger partial charge is 0.133 e. The van der Waals surface area contributed by atoms with Crippen molar-refractivity contribution in [2.45, 2.75) is 38.5 Å². The number of nitrogens with zero attached hydrogens (tertiary/aromatic N) is 2. The van der Waals surface area contributed by atoms with Crippen molar-refractivity contribution in [2.24, 2.45) is 0 Å². The van der Waals surface area contributed by atoms with Gasteiger partial charge in [-0.05, 0) is 33.9 Å². The van der Waals surface area contributed by atoms with Gasteiger partial charge in [0, 0.05) is 30.9 Å². The van der Waals surface area contributed by atoms with Crippen molar-refractivity contribution in [3.63, 3.8) is 0 Å². The largest absolute Gasteiger partial charge is 0.394 e. The number of aliphatic hydroxyl groups is 1. The molecule has 1 fully saturated rings. The lowest BCUT2D eigenvalue weighted by Gasteiger charge is -2.43. The SMILES string of the molecule is CNC(C)c1cccnc1N1CC(CO)OC(C)(C)C1. The molecule has 2 atom stereocenters. The van der Waals surface area contributed by atoms with E-state index < -0.39 is 0 Å². The molecule has 0 amide bonds. The van der Waals surface area contributed by atoms with Gasteiger partial charge in [-0.25, -0.2) is 4.98 Å². The second-order valence-corrected chi connectivity index (χ2v) is 5.99. The van der Waals surface area contributed by atoms with Gasteiger partial charge in [-0.1, -0.05) is 6.07 Å². The normalized spacial score (nSPS) is 23.6. The first kappa shape index (κ1) is 15.2. The highest BCUT2D eigenvalue weighted by Gasteiger charge is 2.34. The van der Waals surface area contributed by atoms with Crippen LogP contribution in [-0.4, -0.2) is 48.5 Å². The van der Waals surface area contributed by atoms with Crippen LogP contribution in [-0.2, 0) is 4.74 Å². The first-order valence-corrected chi connectivity index (χ1v) is 7.12. The average molecular weight is 279 g/mol. The molecule has 20 heavy (non-hydrogen) atoms. The van der Waals surface area contributed by atoms with E-state index in [0.717, 1.165) is 12.4 Å². The van der Waals surface area contributed by atoms with Crippen LogP contribution in [0, 0.1) is 0 Å². The molecule has 2 unspecified atom stereocenters. The fourth-order valence-corrected chi connectivity index (χ4v) is 2.72. The van der Waals surface area contributed by atoms with Gasteiger partial charge in [0.1, 0.15) is 5.82 Å². The third-order valence-corrected chi connectivity index (χ3v) is 3.70. The van der Waals surface area contributed by atoms with Crippen molar-refractivity contribution in [2.75, 3.05) is 31.6 Å². The molecule has 0 saturated carbocycles. The zero-order valence-electron chi connectivity index (χ0n) is 12.8. The van der Waals surface area contributed by atoms with Gasteiger partial charge < -0.3 is 20.1 Å². The molecule has 1 saturated heterocycles. The Balaban J connectivity index is 2.30. The van der Waals surface area contributed by atoms with E-state index in [4.69, 9.17) is 4.74 Å². The summed E-state index contributed by atoms with van der Waals surface area (Å²) >= 11 is 0. The van der Waals surface area contributed by atoms with Gasteiger partial charge in [0.2, 0.25) is 0 Å². The Morgan fingerprint density at radius 2 is 2.35 bits per heavy atom. The van der Waals surface area contributed by atoms with Crippen LogP contribution < -0.4 is 10.2 Å². The maximum Gasteiger partial charge on any atom is 0.133 e. The van der Waals surface area contributed by atoms with E-state index in [1.54, 1.807) is 0 Å². The Bertz CT molecular complexity index is 450. The highest BCUT2D eigenvalue weighted by molar-refractivity contribution is 5.49. The number of aromatic nitrogens is 1. The monoisotopic (exact) mass is 279 g/mol. The van der Waals surface area contributed by atoms with Crippen LogP contribution >= 0.6 is 0 Å². The average Bonchev–Trinajstić information content (AvgIpc) is 2.44. The number of rotatable bonds is 4. The summed E-state index contributed by atoms with van der Waals surface area (Å²) in [6, 6.07) is 4.29. The lowest BCUT2D eigenvalue weighted by molar-refractivity contribution is -0.101. The third kappa shape index (κ3) is 3.29. The number of anilines is 1. The molecule has 0 aromatic carbocycles. The molecule has 1 aliphatic heterocycles. The zero-order chi connectivity index (χ0) is 14.8. The Kier molecular flexibility index (Phi) is 4.62. The van der Waals surface area contributed by atoms with Crippen molar-refractivity contribution in [3.8, 4) is 0 Å². The van der Waals surface area contributed by atoms with Crippen molar-refractivity contribution < 1.29 is 9.84 Å². The second kappa shape index (κ2) is 6.08. The summed E-state index contributed by atoms with van der Waals surface area (Å²) in [6.07, 6.45) is 1.65. The van der Waals surface area contributed by atoms with Gasteiger partial charge in [-0.15, -0.1) is 0 Å². The molecule has 0 spiro atoms. The summed E-state index contributed by atoms with van der Waals surface area (Å²) in [5, 5.41) is 12.7.